The molecule has 7 heteroatoms. The molecule has 7 nitrogen and oxygen atoms in total. The summed E-state index contributed by atoms with van der Waals surface area (Å²) in [6.07, 6.45) is 3.71. The van der Waals surface area contributed by atoms with E-state index in [0.29, 0.717) is 5.82 Å². The smallest absolute Gasteiger partial charge is 0.181 e. The first kappa shape index (κ1) is 12.7. The van der Waals surface area contributed by atoms with Gasteiger partial charge in [-0.1, -0.05) is 0 Å². The first-order chi connectivity index (χ1) is 8.67. The van der Waals surface area contributed by atoms with E-state index < -0.39 is 0 Å². The van der Waals surface area contributed by atoms with Crippen molar-refractivity contribution in [1.29, 1.82) is 0 Å². The fourth-order valence-electron chi connectivity index (χ4n) is 2.04. The number of aliphatic hydroxyl groups is 1. The van der Waals surface area contributed by atoms with Crippen LogP contribution in [0.4, 0.5) is 5.82 Å². The maximum absolute atomic E-state index is 11.4. The highest BCUT2D eigenvalue weighted by Crippen LogP contribution is 2.32. The number of imidazole rings is 1. The van der Waals surface area contributed by atoms with E-state index >= 15 is 0 Å². The SMILES string of the molecule is CC(=O)c1ncn([C@H]2CC[C@@H](CO)O2)c1N=CN. The van der Waals surface area contributed by atoms with Crippen molar-refractivity contribution < 1.29 is 14.6 Å². The molecular weight excluding hydrogens is 236 g/mol. The molecule has 1 saturated heterocycles. The number of nitrogens with two attached hydrogens (primary N) is 1. The average molecular weight is 252 g/mol. The Hall–Kier alpha value is -1.73. The van der Waals surface area contributed by atoms with Crippen LogP contribution in [-0.4, -0.2) is 39.5 Å². The summed E-state index contributed by atoms with van der Waals surface area (Å²) in [6, 6.07) is 0. The summed E-state index contributed by atoms with van der Waals surface area (Å²) in [5.41, 5.74) is 5.56. The van der Waals surface area contributed by atoms with Gasteiger partial charge in [-0.15, -0.1) is 0 Å². The van der Waals surface area contributed by atoms with Crippen LogP contribution in [-0.2, 0) is 4.74 Å². The molecule has 0 bridgehead atoms. The number of aliphatic hydroxyl groups excluding tert-OH is 1. The van der Waals surface area contributed by atoms with E-state index in [0.717, 1.165) is 19.2 Å². The number of aromatic nitrogens is 2. The zero-order valence-corrected chi connectivity index (χ0v) is 10.1. The second-order valence-corrected chi connectivity index (χ2v) is 4.13. The van der Waals surface area contributed by atoms with E-state index in [1.807, 2.05) is 0 Å². The van der Waals surface area contributed by atoms with Gasteiger partial charge in [0, 0.05) is 6.92 Å². The predicted octanol–water partition coefficient (Wildman–Crippen LogP) is 0.374. The Morgan fingerprint density at radius 2 is 2.56 bits per heavy atom. The minimum atomic E-state index is -0.263. The van der Waals surface area contributed by atoms with E-state index in [1.54, 1.807) is 4.57 Å². The van der Waals surface area contributed by atoms with E-state index in [9.17, 15) is 4.79 Å². The van der Waals surface area contributed by atoms with Crippen molar-refractivity contribution in [3.63, 3.8) is 0 Å². The van der Waals surface area contributed by atoms with Crippen LogP contribution in [0.1, 0.15) is 36.5 Å². The van der Waals surface area contributed by atoms with Gasteiger partial charge in [-0.3, -0.25) is 9.36 Å². The van der Waals surface area contributed by atoms with E-state index in [-0.39, 0.29) is 30.4 Å². The van der Waals surface area contributed by atoms with Crippen LogP contribution in [0.3, 0.4) is 0 Å². The number of aliphatic imine (C=N–C) groups is 1. The Balaban J connectivity index is 2.31. The van der Waals surface area contributed by atoms with Crippen molar-refractivity contribution >= 4 is 17.9 Å². The highest BCUT2D eigenvalue weighted by molar-refractivity contribution is 5.96. The van der Waals surface area contributed by atoms with Gasteiger partial charge in [0.1, 0.15) is 6.23 Å². The third-order valence-electron chi connectivity index (χ3n) is 2.90. The molecule has 0 aromatic carbocycles. The van der Waals surface area contributed by atoms with Crippen molar-refractivity contribution in [3.8, 4) is 0 Å². The monoisotopic (exact) mass is 252 g/mol. The fourth-order valence-corrected chi connectivity index (χ4v) is 2.04. The molecule has 98 valence electrons. The van der Waals surface area contributed by atoms with E-state index in [2.05, 4.69) is 9.98 Å². The summed E-state index contributed by atoms with van der Waals surface area (Å²) >= 11 is 0. The molecule has 0 saturated carbocycles. The van der Waals surface area contributed by atoms with Gasteiger partial charge >= 0.3 is 0 Å². The summed E-state index contributed by atoms with van der Waals surface area (Å²) in [6.45, 7) is 1.41. The van der Waals surface area contributed by atoms with Crippen LogP contribution in [0.15, 0.2) is 11.3 Å². The van der Waals surface area contributed by atoms with Crippen LogP contribution >= 0.6 is 0 Å². The highest BCUT2D eigenvalue weighted by Gasteiger charge is 2.28. The molecule has 1 aromatic heterocycles. The molecule has 0 radical (unpaired) electrons. The van der Waals surface area contributed by atoms with Crippen LogP contribution in [0, 0.1) is 0 Å². The lowest BCUT2D eigenvalue weighted by molar-refractivity contribution is -0.0215. The summed E-state index contributed by atoms with van der Waals surface area (Å²) < 4.78 is 7.30. The molecule has 2 heterocycles. The normalized spacial score (nSPS) is 23.9. The Morgan fingerprint density at radius 1 is 1.78 bits per heavy atom. The molecule has 0 aliphatic carbocycles. The van der Waals surface area contributed by atoms with Crippen LogP contribution in [0.25, 0.3) is 0 Å². The lowest BCUT2D eigenvalue weighted by Gasteiger charge is -2.14. The topological polar surface area (TPSA) is 103 Å². The van der Waals surface area contributed by atoms with Crippen LogP contribution in [0.5, 0.6) is 0 Å². The van der Waals surface area contributed by atoms with Crippen LogP contribution < -0.4 is 5.73 Å². The zero-order chi connectivity index (χ0) is 13.1. The molecule has 2 atom stereocenters. The number of ketones is 1. The summed E-state index contributed by atoms with van der Waals surface area (Å²) in [5, 5.41) is 9.04. The van der Waals surface area contributed by atoms with Crippen molar-refractivity contribution in [1.82, 2.24) is 9.55 Å². The van der Waals surface area contributed by atoms with Crippen molar-refractivity contribution in [2.24, 2.45) is 10.7 Å². The number of hydrogen-bond donors (Lipinski definition) is 2. The number of rotatable bonds is 4. The third kappa shape index (κ3) is 2.27. The van der Waals surface area contributed by atoms with Gasteiger partial charge in [0.05, 0.1) is 25.4 Å². The van der Waals surface area contributed by atoms with Gasteiger partial charge in [0.25, 0.3) is 0 Å². The predicted molar refractivity (Wildman–Crippen MR) is 64.8 cm³/mol. The Morgan fingerprint density at radius 3 is 3.11 bits per heavy atom. The van der Waals surface area contributed by atoms with Gasteiger partial charge in [0.15, 0.2) is 17.3 Å². The highest BCUT2D eigenvalue weighted by atomic mass is 16.5. The lowest BCUT2D eigenvalue weighted by atomic mass is 10.2. The standard InChI is InChI=1S/C11H16N4O3/c1-7(17)10-11(13-5-12)15(6-14-10)9-3-2-8(4-16)18-9/h5-6,8-9,16H,2-4H2,1H3,(H2,12,13)/t8-,9+/m0/s1. The van der Waals surface area contributed by atoms with E-state index in [4.69, 9.17) is 15.6 Å². The maximum atomic E-state index is 11.4. The second kappa shape index (κ2) is 5.28. The molecule has 0 unspecified atom stereocenters. The number of carbonyl (C=O) groups excluding carboxylic acids is 1. The number of ether oxygens (including phenoxy) is 1. The van der Waals surface area contributed by atoms with Gasteiger partial charge in [-0.2, -0.15) is 0 Å². The molecule has 2 rings (SSSR count). The molecule has 1 fully saturated rings. The van der Waals surface area contributed by atoms with Gasteiger partial charge in [0.2, 0.25) is 0 Å². The minimum absolute atomic E-state index is 0.0136. The Labute approximate surface area is 104 Å². The molecule has 1 aromatic rings. The molecular formula is C11H16N4O3. The van der Waals surface area contributed by atoms with Crippen molar-refractivity contribution in [2.45, 2.75) is 32.1 Å². The van der Waals surface area contributed by atoms with Gasteiger partial charge in [-0.05, 0) is 12.8 Å². The molecule has 1 aliphatic heterocycles. The van der Waals surface area contributed by atoms with Crippen molar-refractivity contribution in [2.75, 3.05) is 6.61 Å². The zero-order valence-electron chi connectivity index (χ0n) is 10.1. The number of nitrogens with zero attached hydrogens (tertiary/aromatic N) is 3. The largest absolute Gasteiger partial charge is 0.394 e. The van der Waals surface area contributed by atoms with Gasteiger partial charge < -0.3 is 15.6 Å². The Bertz CT molecular complexity index is 469. The first-order valence-corrected chi connectivity index (χ1v) is 5.75. The average Bonchev–Trinajstić information content (AvgIpc) is 2.94. The fraction of sp³-hybridized carbons (Fsp3) is 0.545. The molecule has 3 N–H and O–H groups in total. The summed E-state index contributed by atoms with van der Waals surface area (Å²) in [7, 11) is 0. The lowest BCUT2D eigenvalue weighted by Crippen LogP contribution is -2.14. The molecule has 18 heavy (non-hydrogen) atoms. The van der Waals surface area contributed by atoms with Gasteiger partial charge in [-0.25, -0.2) is 9.98 Å². The van der Waals surface area contributed by atoms with Crippen molar-refractivity contribution in [3.05, 3.63) is 12.0 Å². The third-order valence-corrected chi connectivity index (χ3v) is 2.90. The molecule has 1 aliphatic rings. The molecule has 0 amide bonds. The number of hydrogen-bond acceptors (Lipinski definition) is 5. The maximum Gasteiger partial charge on any atom is 0.181 e. The second-order valence-electron chi connectivity index (χ2n) is 4.13. The summed E-state index contributed by atoms with van der Waals surface area (Å²) in [5.74, 6) is 0.222. The quantitative estimate of drug-likeness (QED) is 0.458. The summed E-state index contributed by atoms with van der Waals surface area (Å²) in [4.78, 5) is 19.4. The van der Waals surface area contributed by atoms with Crippen LogP contribution in [0.2, 0.25) is 0 Å². The molecule has 0 spiro atoms. The number of Topliss-reactive ketones (excluding diaryl/α,β-unsaturated/α-hetero) is 1. The number of carbonyl (C=O) groups is 1. The minimum Gasteiger partial charge on any atom is -0.394 e. The first-order valence-electron chi connectivity index (χ1n) is 5.75. The van der Waals surface area contributed by atoms with E-state index in [1.165, 1.54) is 13.3 Å². The Kier molecular flexibility index (Phi) is 3.73.